The van der Waals surface area contributed by atoms with E-state index in [1.54, 1.807) is 17.9 Å². The highest BCUT2D eigenvalue weighted by molar-refractivity contribution is 7.17. The molecular weight excluding hydrogens is 414 g/mol. The van der Waals surface area contributed by atoms with Gasteiger partial charge < -0.3 is 19.2 Å². The highest BCUT2D eigenvalue weighted by Crippen LogP contribution is 2.40. The van der Waals surface area contributed by atoms with Crippen molar-refractivity contribution in [3.8, 4) is 11.6 Å². The summed E-state index contributed by atoms with van der Waals surface area (Å²) in [5.74, 6) is 2.55. The summed E-state index contributed by atoms with van der Waals surface area (Å²) in [5.41, 5.74) is 1.18. The SMILES string of the molecule is CCc1nc2sc([C@@H](c3ccco3)N3CCN(c4ccc(OC)cc4)CC3)c(O)n2n1. The lowest BCUT2D eigenvalue weighted by molar-refractivity contribution is 0.191. The number of fused-ring (bicyclic) bond motifs is 1. The molecule has 1 aliphatic heterocycles. The first-order chi connectivity index (χ1) is 15.2. The van der Waals surface area contributed by atoms with Crippen molar-refractivity contribution in [2.24, 2.45) is 0 Å². The Labute approximate surface area is 184 Å². The first kappa shape index (κ1) is 19.9. The van der Waals surface area contributed by atoms with Crippen LogP contribution in [0.25, 0.3) is 4.96 Å². The number of thiazole rings is 1. The van der Waals surface area contributed by atoms with E-state index in [9.17, 15) is 5.11 Å². The minimum atomic E-state index is -0.174. The van der Waals surface area contributed by atoms with Crippen LogP contribution in [0.15, 0.2) is 47.1 Å². The van der Waals surface area contributed by atoms with Crippen LogP contribution in [0.4, 0.5) is 5.69 Å². The lowest BCUT2D eigenvalue weighted by atomic mass is 10.1. The summed E-state index contributed by atoms with van der Waals surface area (Å²) in [7, 11) is 1.68. The summed E-state index contributed by atoms with van der Waals surface area (Å²) < 4.78 is 12.6. The third kappa shape index (κ3) is 3.64. The van der Waals surface area contributed by atoms with Crippen LogP contribution in [0.1, 0.15) is 29.4 Å². The number of hydrogen-bond acceptors (Lipinski definition) is 8. The average Bonchev–Trinajstić information content (AvgIpc) is 3.54. The zero-order chi connectivity index (χ0) is 21.4. The van der Waals surface area contributed by atoms with E-state index in [1.807, 2.05) is 31.2 Å². The van der Waals surface area contributed by atoms with Gasteiger partial charge in [-0.1, -0.05) is 18.3 Å². The molecule has 8 nitrogen and oxygen atoms in total. The van der Waals surface area contributed by atoms with Crippen molar-refractivity contribution in [3.63, 3.8) is 0 Å². The predicted octanol–water partition coefficient (Wildman–Crippen LogP) is 3.57. The van der Waals surface area contributed by atoms with Gasteiger partial charge in [-0.2, -0.15) is 4.52 Å². The number of aromatic hydroxyl groups is 1. The smallest absolute Gasteiger partial charge is 0.230 e. The number of hydrogen-bond donors (Lipinski definition) is 1. The fourth-order valence-electron chi connectivity index (χ4n) is 4.07. The number of rotatable bonds is 6. The van der Waals surface area contributed by atoms with Crippen LogP contribution >= 0.6 is 11.3 Å². The maximum atomic E-state index is 11.0. The Morgan fingerprint density at radius 3 is 2.55 bits per heavy atom. The second-order valence-electron chi connectivity index (χ2n) is 7.50. The van der Waals surface area contributed by atoms with Crippen molar-refractivity contribution < 1.29 is 14.3 Å². The monoisotopic (exact) mass is 439 g/mol. The number of aromatic nitrogens is 3. The van der Waals surface area contributed by atoms with Crippen LogP contribution < -0.4 is 9.64 Å². The number of piperazine rings is 1. The fraction of sp³-hybridized carbons (Fsp3) is 0.364. The molecule has 5 rings (SSSR count). The number of ether oxygens (including phenoxy) is 1. The fourth-order valence-corrected chi connectivity index (χ4v) is 5.19. The van der Waals surface area contributed by atoms with E-state index >= 15 is 0 Å². The van der Waals surface area contributed by atoms with E-state index in [0.29, 0.717) is 4.96 Å². The Kier molecular flexibility index (Phi) is 5.29. The van der Waals surface area contributed by atoms with E-state index in [1.165, 1.54) is 17.0 Å². The maximum absolute atomic E-state index is 11.0. The number of methoxy groups -OCH3 is 1. The van der Waals surface area contributed by atoms with Gasteiger partial charge in [-0.25, -0.2) is 4.98 Å². The molecule has 0 unspecified atom stereocenters. The quantitative estimate of drug-likeness (QED) is 0.492. The molecule has 0 saturated carbocycles. The van der Waals surface area contributed by atoms with Gasteiger partial charge in [0.1, 0.15) is 17.6 Å². The van der Waals surface area contributed by atoms with Crippen LogP contribution in [-0.4, -0.2) is 57.9 Å². The Morgan fingerprint density at radius 1 is 1.16 bits per heavy atom. The van der Waals surface area contributed by atoms with Crippen molar-refractivity contribution in [3.05, 3.63) is 59.1 Å². The average molecular weight is 440 g/mol. The third-order valence-electron chi connectivity index (χ3n) is 5.74. The Hall–Kier alpha value is -3.04. The molecule has 31 heavy (non-hydrogen) atoms. The molecule has 1 atom stereocenters. The molecule has 0 spiro atoms. The highest BCUT2D eigenvalue weighted by atomic mass is 32.1. The maximum Gasteiger partial charge on any atom is 0.230 e. The molecule has 4 heterocycles. The van der Waals surface area contributed by atoms with E-state index < -0.39 is 0 Å². The Morgan fingerprint density at radius 2 is 1.94 bits per heavy atom. The van der Waals surface area contributed by atoms with Crippen LogP contribution in [0.2, 0.25) is 0 Å². The van der Waals surface area contributed by atoms with Crippen LogP contribution in [0.5, 0.6) is 11.6 Å². The largest absolute Gasteiger partial charge is 0.497 e. The normalized spacial score (nSPS) is 16.1. The second kappa shape index (κ2) is 8.24. The van der Waals surface area contributed by atoms with Gasteiger partial charge in [-0.15, -0.1) is 5.10 Å². The first-order valence-electron chi connectivity index (χ1n) is 10.4. The topological polar surface area (TPSA) is 79.3 Å². The van der Waals surface area contributed by atoms with Crippen molar-refractivity contribution in [2.45, 2.75) is 19.4 Å². The van der Waals surface area contributed by atoms with Crippen molar-refractivity contribution in [1.82, 2.24) is 19.5 Å². The molecular formula is C22H25N5O3S. The van der Waals surface area contributed by atoms with Crippen molar-refractivity contribution in [1.29, 1.82) is 0 Å². The summed E-state index contributed by atoms with van der Waals surface area (Å²) in [4.78, 5) is 10.8. The van der Waals surface area contributed by atoms with Gasteiger partial charge in [-0.05, 0) is 36.4 Å². The minimum absolute atomic E-state index is 0.145. The van der Waals surface area contributed by atoms with Gasteiger partial charge in [0.2, 0.25) is 10.8 Å². The van der Waals surface area contributed by atoms with E-state index in [0.717, 1.165) is 54.8 Å². The van der Waals surface area contributed by atoms with Crippen molar-refractivity contribution in [2.75, 3.05) is 38.2 Å². The summed E-state index contributed by atoms with van der Waals surface area (Å²) in [6.07, 6.45) is 2.41. The lowest BCUT2D eigenvalue weighted by Gasteiger charge is -2.39. The lowest BCUT2D eigenvalue weighted by Crippen LogP contribution is -2.47. The van der Waals surface area contributed by atoms with Crippen molar-refractivity contribution >= 4 is 22.0 Å². The minimum Gasteiger partial charge on any atom is -0.497 e. The molecule has 3 aromatic heterocycles. The molecule has 1 aliphatic rings. The molecule has 4 aromatic rings. The molecule has 0 aliphatic carbocycles. The van der Waals surface area contributed by atoms with Crippen LogP contribution in [-0.2, 0) is 6.42 Å². The van der Waals surface area contributed by atoms with Gasteiger partial charge in [0, 0.05) is 38.3 Å². The van der Waals surface area contributed by atoms with E-state index in [4.69, 9.17) is 9.15 Å². The van der Waals surface area contributed by atoms with Gasteiger partial charge in [0.25, 0.3) is 0 Å². The van der Waals surface area contributed by atoms with Gasteiger partial charge in [0.15, 0.2) is 5.82 Å². The summed E-state index contributed by atoms with van der Waals surface area (Å²) in [6, 6.07) is 11.8. The van der Waals surface area contributed by atoms with E-state index in [2.05, 4.69) is 32.0 Å². The second-order valence-corrected chi connectivity index (χ2v) is 8.51. The number of benzene rings is 1. The molecule has 1 aromatic carbocycles. The molecule has 0 bridgehead atoms. The predicted molar refractivity (Wildman–Crippen MR) is 119 cm³/mol. The molecule has 1 fully saturated rings. The third-order valence-corrected chi connectivity index (χ3v) is 6.81. The Balaban J connectivity index is 1.40. The number of nitrogens with zero attached hydrogens (tertiary/aromatic N) is 5. The highest BCUT2D eigenvalue weighted by Gasteiger charge is 2.33. The molecule has 0 radical (unpaired) electrons. The number of aryl methyl sites for hydroxylation is 1. The number of anilines is 1. The molecule has 9 heteroatoms. The van der Waals surface area contributed by atoms with E-state index in [-0.39, 0.29) is 11.9 Å². The zero-order valence-corrected chi connectivity index (χ0v) is 18.4. The van der Waals surface area contributed by atoms with Crippen LogP contribution in [0, 0.1) is 0 Å². The van der Waals surface area contributed by atoms with Gasteiger partial charge in [-0.3, -0.25) is 4.90 Å². The molecule has 1 saturated heterocycles. The molecule has 1 N–H and O–H groups in total. The van der Waals surface area contributed by atoms with Gasteiger partial charge in [0.05, 0.1) is 18.3 Å². The summed E-state index contributed by atoms with van der Waals surface area (Å²) in [5, 5.41) is 15.4. The first-order valence-corrected chi connectivity index (χ1v) is 11.2. The number of furan rings is 1. The van der Waals surface area contributed by atoms with Crippen LogP contribution in [0.3, 0.4) is 0 Å². The summed E-state index contributed by atoms with van der Waals surface area (Å²) in [6.45, 7) is 5.44. The summed E-state index contributed by atoms with van der Waals surface area (Å²) >= 11 is 1.47. The van der Waals surface area contributed by atoms with Gasteiger partial charge >= 0.3 is 0 Å². The standard InChI is InChI=1S/C22H25N5O3S/c1-3-18-23-22-27(24-18)21(28)20(31-22)19(17-5-4-14-30-17)26-12-10-25(11-13-26)15-6-8-16(29-2)9-7-15/h4-9,14,19,28H,3,10-13H2,1-2H3/t19-/m1/s1. The molecule has 162 valence electrons. The zero-order valence-electron chi connectivity index (χ0n) is 17.6. The molecule has 0 amide bonds. The Bertz CT molecular complexity index is 1140.